The van der Waals surface area contributed by atoms with Crippen LogP contribution in [0.5, 0.6) is 0 Å². The van der Waals surface area contributed by atoms with Gasteiger partial charge in [0.15, 0.2) is 11.6 Å². The number of methoxy groups -OCH3 is 1. The molecule has 0 bridgehead atoms. The number of halogens is 2. The molecule has 4 N–H and O–H groups in total. The van der Waals surface area contributed by atoms with Crippen molar-refractivity contribution in [3.63, 3.8) is 0 Å². The van der Waals surface area contributed by atoms with Crippen LogP contribution in [0.3, 0.4) is 0 Å². The Bertz CT molecular complexity index is 467. The topological polar surface area (TPSA) is 76.4 Å². The van der Waals surface area contributed by atoms with Crippen LogP contribution in [0.25, 0.3) is 0 Å². The molecule has 5 nitrogen and oxygen atoms in total. The molecule has 0 spiro atoms. The van der Waals surface area contributed by atoms with Crippen LogP contribution in [-0.2, 0) is 4.74 Å². The molecule has 1 saturated carbocycles. The molecule has 1 amide bonds. The van der Waals surface area contributed by atoms with Crippen molar-refractivity contribution < 1.29 is 18.3 Å². The van der Waals surface area contributed by atoms with Crippen LogP contribution >= 0.6 is 0 Å². The second-order valence-electron chi connectivity index (χ2n) is 4.46. The zero-order chi connectivity index (χ0) is 14.0. The number of ether oxygens (including phenoxy) is 1. The molecule has 2 rings (SSSR count). The van der Waals surface area contributed by atoms with E-state index in [-0.39, 0.29) is 17.7 Å². The minimum Gasteiger partial charge on any atom is -0.381 e. The highest BCUT2D eigenvalue weighted by molar-refractivity contribution is 5.94. The summed E-state index contributed by atoms with van der Waals surface area (Å²) in [5, 5.41) is 2.68. The van der Waals surface area contributed by atoms with E-state index >= 15 is 0 Å². The second kappa shape index (κ2) is 5.50. The average Bonchev–Trinajstić information content (AvgIpc) is 2.32. The van der Waals surface area contributed by atoms with Gasteiger partial charge in [-0.15, -0.1) is 0 Å². The van der Waals surface area contributed by atoms with Gasteiger partial charge in [-0.2, -0.15) is 0 Å². The zero-order valence-corrected chi connectivity index (χ0v) is 10.4. The maximum Gasteiger partial charge on any atom is 0.251 e. The molecule has 0 saturated heterocycles. The third-order valence-electron chi connectivity index (χ3n) is 3.21. The number of nitrogen functional groups attached to an aromatic ring is 1. The highest BCUT2D eigenvalue weighted by Gasteiger charge is 2.30. The molecule has 1 fully saturated rings. The fourth-order valence-electron chi connectivity index (χ4n) is 1.99. The quantitative estimate of drug-likeness (QED) is 0.567. The highest BCUT2D eigenvalue weighted by Crippen LogP contribution is 2.24. The van der Waals surface area contributed by atoms with Crippen LogP contribution in [-0.4, -0.2) is 25.2 Å². The van der Waals surface area contributed by atoms with Crippen LogP contribution < -0.4 is 16.6 Å². The second-order valence-corrected chi connectivity index (χ2v) is 4.46. The van der Waals surface area contributed by atoms with E-state index in [1.54, 1.807) is 7.11 Å². The molecule has 104 valence electrons. The Kier molecular flexibility index (Phi) is 3.96. The van der Waals surface area contributed by atoms with Gasteiger partial charge in [0, 0.05) is 18.7 Å². The minimum absolute atomic E-state index is 0.0177. The van der Waals surface area contributed by atoms with Gasteiger partial charge in [-0.1, -0.05) is 0 Å². The monoisotopic (exact) mass is 271 g/mol. The average molecular weight is 271 g/mol. The summed E-state index contributed by atoms with van der Waals surface area (Å²) >= 11 is 0. The number of hydrogen-bond acceptors (Lipinski definition) is 4. The lowest BCUT2D eigenvalue weighted by atomic mass is 9.89. The normalized spacial score (nSPS) is 21.7. The van der Waals surface area contributed by atoms with E-state index in [0.717, 1.165) is 12.1 Å². The van der Waals surface area contributed by atoms with Crippen molar-refractivity contribution in [3.8, 4) is 0 Å². The van der Waals surface area contributed by atoms with Gasteiger partial charge in [0.25, 0.3) is 5.91 Å². The lowest BCUT2D eigenvalue weighted by molar-refractivity contribution is 0.0176. The summed E-state index contributed by atoms with van der Waals surface area (Å²) in [4.78, 5) is 11.8. The van der Waals surface area contributed by atoms with Crippen molar-refractivity contribution in [3.05, 3.63) is 29.3 Å². The maximum atomic E-state index is 13.4. The molecular weight excluding hydrogens is 256 g/mol. The summed E-state index contributed by atoms with van der Waals surface area (Å²) in [6, 6.07) is 1.87. The maximum absolute atomic E-state index is 13.4. The molecule has 1 aromatic carbocycles. The van der Waals surface area contributed by atoms with Crippen LogP contribution in [0, 0.1) is 11.6 Å². The number of amides is 1. The number of benzene rings is 1. The molecule has 0 aromatic heterocycles. The van der Waals surface area contributed by atoms with Gasteiger partial charge in [0.2, 0.25) is 0 Å². The van der Waals surface area contributed by atoms with E-state index in [1.165, 1.54) is 0 Å². The highest BCUT2D eigenvalue weighted by atomic mass is 19.1. The molecule has 0 radical (unpaired) electrons. The molecular formula is C12H15F2N3O2. The van der Waals surface area contributed by atoms with Gasteiger partial charge in [-0.05, 0) is 25.0 Å². The summed E-state index contributed by atoms with van der Waals surface area (Å²) in [6.45, 7) is 0. The zero-order valence-electron chi connectivity index (χ0n) is 10.4. The van der Waals surface area contributed by atoms with E-state index in [1.807, 2.05) is 5.43 Å². The van der Waals surface area contributed by atoms with Crippen LogP contribution in [0.1, 0.15) is 23.2 Å². The first-order valence-corrected chi connectivity index (χ1v) is 5.84. The molecule has 1 aliphatic carbocycles. The summed E-state index contributed by atoms with van der Waals surface area (Å²) in [5.74, 6) is 2.65. The Morgan fingerprint density at radius 3 is 2.42 bits per heavy atom. The van der Waals surface area contributed by atoms with Gasteiger partial charge in [0.1, 0.15) is 5.69 Å². The number of nitrogens with one attached hydrogen (secondary N) is 2. The van der Waals surface area contributed by atoms with Gasteiger partial charge in [0.05, 0.1) is 6.10 Å². The SMILES string of the molecule is COC1CC(NC(=O)c2cc(F)c(NN)c(F)c2)C1. The lowest BCUT2D eigenvalue weighted by Crippen LogP contribution is -2.47. The first-order valence-electron chi connectivity index (χ1n) is 5.84. The van der Waals surface area contributed by atoms with Gasteiger partial charge in [-0.3, -0.25) is 10.6 Å². The third kappa shape index (κ3) is 2.82. The Balaban J connectivity index is 2.04. The smallest absolute Gasteiger partial charge is 0.251 e. The lowest BCUT2D eigenvalue weighted by Gasteiger charge is -2.34. The van der Waals surface area contributed by atoms with Gasteiger partial charge < -0.3 is 15.5 Å². The molecule has 1 aliphatic rings. The summed E-state index contributed by atoms with van der Waals surface area (Å²) in [5.41, 5.74) is 1.38. The van der Waals surface area contributed by atoms with Crippen molar-refractivity contribution >= 4 is 11.6 Å². The predicted molar refractivity (Wildman–Crippen MR) is 65.5 cm³/mol. The van der Waals surface area contributed by atoms with E-state index in [0.29, 0.717) is 12.8 Å². The molecule has 0 aliphatic heterocycles. The van der Waals surface area contributed by atoms with Crippen molar-refractivity contribution in [2.45, 2.75) is 25.0 Å². The number of anilines is 1. The summed E-state index contributed by atoms with van der Waals surface area (Å²) < 4.78 is 32.0. The van der Waals surface area contributed by atoms with Crippen molar-refractivity contribution in [1.29, 1.82) is 0 Å². The Hall–Kier alpha value is -1.73. The minimum atomic E-state index is -0.906. The van der Waals surface area contributed by atoms with Crippen LogP contribution in [0.2, 0.25) is 0 Å². The van der Waals surface area contributed by atoms with Gasteiger partial charge >= 0.3 is 0 Å². The van der Waals surface area contributed by atoms with Crippen molar-refractivity contribution in [2.75, 3.05) is 12.5 Å². The Morgan fingerprint density at radius 2 is 1.95 bits per heavy atom. The standard InChI is InChI=1S/C12H15F2N3O2/c1-19-8-4-7(5-8)16-12(18)6-2-9(13)11(17-15)10(14)3-6/h2-3,7-8,17H,4-5,15H2,1H3,(H,16,18). The number of hydrogen-bond donors (Lipinski definition) is 3. The first-order chi connectivity index (χ1) is 9.05. The predicted octanol–water partition coefficient (Wildman–Crippen LogP) is 1.16. The number of carbonyl (C=O) groups excluding carboxylic acids is 1. The van der Waals surface area contributed by atoms with E-state index in [4.69, 9.17) is 10.6 Å². The van der Waals surface area contributed by atoms with E-state index < -0.39 is 23.2 Å². The van der Waals surface area contributed by atoms with Crippen LogP contribution in [0.15, 0.2) is 12.1 Å². The first kappa shape index (κ1) is 13.7. The Morgan fingerprint density at radius 1 is 1.37 bits per heavy atom. The summed E-state index contributed by atoms with van der Waals surface area (Å²) in [6.07, 6.45) is 1.55. The third-order valence-corrected chi connectivity index (χ3v) is 3.21. The molecule has 1 aromatic rings. The molecule has 0 atom stereocenters. The molecule has 0 unspecified atom stereocenters. The number of rotatable bonds is 4. The fraction of sp³-hybridized carbons (Fsp3) is 0.417. The number of nitrogens with two attached hydrogens (primary N) is 1. The van der Waals surface area contributed by atoms with E-state index in [2.05, 4.69) is 5.32 Å². The van der Waals surface area contributed by atoms with E-state index in [9.17, 15) is 13.6 Å². The largest absolute Gasteiger partial charge is 0.381 e. The molecule has 0 heterocycles. The number of hydrazine groups is 1. The van der Waals surface area contributed by atoms with Gasteiger partial charge in [-0.25, -0.2) is 8.78 Å². The molecule has 7 heteroatoms. The Labute approximate surface area is 109 Å². The van der Waals surface area contributed by atoms with Crippen LogP contribution in [0.4, 0.5) is 14.5 Å². The van der Waals surface area contributed by atoms with Crippen molar-refractivity contribution in [2.24, 2.45) is 5.84 Å². The number of carbonyl (C=O) groups is 1. The fourth-order valence-corrected chi connectivity index (χ4v) is 1.99. The molecule has 19 heavy (non-hydrogen) atoms. The van der Waals surface area contributed by atoms with Crippen molar-refractivity contribution in [1.82, 2.24) is 5.32 Å². The summed E-state index contributed by atoms with van der Waals surface area (Å²) in [7, 11) is 1.60.